The number of nitriles is 1. The van der Waals surface area contributed by atoms with Crippen LogP contribution in [0.15, 0.2) is 182 Å². The zero-order valence-electron chi connectivity index (χ0n) is 36.7. The van der Waals surface area contributed by atoms with Gasteiger partial charge in [0.1, 0.15) is 0 Å². The fourth-order valence-corrected chi connectivity index (χ4v) is 12.1. The van der Waals surface area contributed by atoms with Gasteiger partial charge >= 0.3 is 0 Å². The molecule has 0 amide bonds. The predicted octanol–water partition coefficient (Wildman–Crippen LogP) is 16.6. The van der Waals surface area contributed by atoms with E-state index >= 15 is 0 Å². The van der Waals surface area contributed by atoms with Crippen molar-refractivity contribution in [2.24, 2.45) is 0 Å². The minimum Gasteiger partial charge on any atom is -0.308 e. The van der Waals surface area contributed by atoms with Gasteiger partial charge in [-0.1, -0.05) is 137 Å². The fourth-order valence-electron chi connectivity index (χ4n) is 12.1. The second kappa shape index (κ2) is 12.6. The average molecular weight is 827 g/mol. The van der Waals surface area contributed by atoms with Crippen molar-refractivity contribution >= 4 is 59.6 Å². The Morgan fingerprint density at radius 3 is 1.28 bits per heavy atom. The minimum absolute atomic E-state index is 0.0571. The molecule has 0 N–H and O–H groups in total. The van der Waals surface area contributed by atoms with Crippen LogP contribution in [0.25, 0.3) is 115 Å². The molecule has 0 bridgehead atoms. The molecule has 0 atom stereocenters. The number of aromatic nitrogens is 1. The fraction of sp³-hybridized carbons (Fsp3) is 0.0952. The van der Waals surface area contributed by atoms with Crippen molar-refractivity contribution in [2.45, 2.75) is 38.5 Å². The van der Waals surface area contributed by atoms with E-state index in [-0.39, 0.29) is 10.8 Å². The van der Waals surface area contributed by atoms with Crippen molar-refractivity contribution in [3.8, 4) is 61.7 Å². The molecule has 304 valence electrons. The number of rotatable bonds is 3. The van der Waals surface area contributed by atoms with Crippen molar-refractivity contribution in [3.05, 3.63) is 210 Å². The van der Waals surface area contributed by atoms with Gasteiger partial charge in [-0.2, -0.15) is 5.26 Å². The van der Waals surface area contributed by atoms with Crippen molar-refractivity contribution in [3.63, 3.8) is 0 Å². The van der Waals surface area contributed by atoms with Gasteiger partial charge in [0, 0.05) is 32.4 Å². The summed E-state index contributed by atoms with van der Waals surface area (Å²) < 4.78 is 2.53. The third kappa shape index (κ3) is 4.93. The van der Waals surface area contributed by atoms with Crippen molar-refractivity contribution in [2.75, 3.05) is 0 Å². The van der Waals surface area contributed by atoms with E-state index in [0.717, 1.165) is 11.1 Å². The van der Waals surface area contributed by atoms with Crippen LogP contribution in [-0.4, -0.2) is 4.40 Å². The summed E-state index contributed by atoms with van der Waals surface area (Å²) in [4.78, 5) is 0. The zero-order chi connectivity index (χ0) is 43.5. The van der Waals surface area contributed by atoms with E-state index in [0.29, 0.717) is 5.56 Å². The Hall–Kier alpha value is -7.99. The Morgan fingerprint density at radius 1 is 0.354 bits per heavy atom. The Morgan fingerprint density at radius 2 is 0.785 bits per heavy atom. The number of hydrogen-bond donors (Lipinski definition) is 0. The van der Waals surface area contributed by atoms with Crippen LogP contribution in [0.1, 0.15) is 55.5 Å². The lowest BCUT2D eigenvalue weighted by Crippen LogP contribution is -2.14. The molecule has 2 aromatic heterocycles. The number of hydrogen-bond acceptors (Lipinski definition) is 1. The molecule has 14 rings (SSSR count). The molecule has 0 fully saturated rings. The quantitative estimate of drug-likeness (QED) is 0.174. The van der Waals surface area contributed by atoms with Crippen LogP contribution in [0.3, 0.4) is 0 Å². The summed E-state index contributed by atoms with van der Waals surface area (Å²) in [6.07, 6.45) is 0. The van der Waals surface area contributed by atoms with Crippen LogP contribution >= 0.6 is 0 Å². The molecule has 65 heavy (non-hydrogen) atoms. The van der Waals surface area contributed by atoms with Crippen molar-refractivity contribution < 1.29 is 0 Å². The van der Waals surface area contributed by atoms with Crippen LogP contribution in [-0.2, 0) is 10.8 Å². The van der Waals surface area contributed by atoms with Crippen LogP contribution in [0.2, 0.25) is 0 Å². The van der Waals surface area contributed by atoms with E-state index in [4.69, 9.17) is 0 Å². The first-order valence-corrected chi connectivity index (χ1v) is 22.8. The SMILES string of the molecule is CC1(C)c2ccccc2-c2ccc(-c3ccc4cc5c6cc(-c7ccc(C#N)cc7)cc7c8cc9ccc(-c%10ccc%11c(c%10)C(C)(C)c%10ccccc%10-%11)cc9cc8n(c5cc4c3)c67)cc21. The van der Waals surface area contributed by atoms with E-state index in [9.17, 15) is 5.26 Å². The van der Waals surface area contributed by atoms with Gasteiger partial charge in [-0.15, -0.1) is 0 Å². The number of nitrogens with zero attached hydrogens (tertiary/aromatic N) is 2. The lowest BCUT2D eigenvalue weighted by molar-refractivity contribution is 0.660. The number of benzene rings is 10. The molecular weight excluding hydrogens is 785 g/mol. The van der Waals surface area contributed by atoms with Gasteiger partial charge in [-0.3, -0.25) is 0 Å². The summed E-state index contributed by atoms with van der Waals surface area (Å²) in [6.45, 7) is 9.42. The summed E-state index contributed by atoms with van der Waals surface area (Å²) in [6, 6.07) is 70.5. The second-order valence-corrected chi connectivity index (χ2v) is 19.7. The van der Waals surface area contributed by atoms with E-state index in [2.05, 4.69) is 208 Å². The first kappa shape index (κ1) is 36.5. The molecule has 2 aliphatic rings. The van der Waals surface area contributed by atoms with Gasteiger partial charge in [0.05, 0.1) is 28.2 Å². The molecular formula is C63H42N2. The minimum atomic E-state index is -0.0571. The zero-order valence-corrected chi connectivity index (χ0v) is 36.7. The van der Waals surface area contributed by atoms with E-state index < -0.39 is 0 Å². The van der Waals surface area contributed by atoms with Gasteiger partial charge in [0.15, 0.2) is 0 Å². The van der Waals surface area contributed by atoms with Gasteiger partial charge in [-0.25, -0.2) is 0 Å². The van der Waals surface area contributed by atoms with E-state index in [1.807, 2.05) is 12.1 Å². The summed E-state index contributed by atoms with van der Waals surface area (Å²) in [5, 5.41) is 19.5. The molecule has 0 saturated heterocycles. The highest BCUT2D eigenvalue weighted by Crippen LogP contribution is 2.52. The molecule has 0 radical (unpaired) electrons. The summed E-state index contributed by atoms with van der Waals surface area (Å²) >= 11 is 0. The average Bonchev–Trinajstić information content (AvgIpc) is 3.99. The maximum absolute atomic E-state index is 9.60. The summed E-state index contributed by atoms with van der Waals surface area (Å²) in [7, 11) is 0. The third-order valence-corrected chi connectivity index (χ3v) is 15.5. The Bertz CT molecular complexity index is 3880. The normalized spacial score (nSPS) is 14.4. The lowest BCUT2D eigenvalue weighted by Gasteiger charge is -2.22. The van der Waals surface area contributed by atoms with Crippen LogP contribution in [0.5, 0.6) is 0 Å². The topological polar surface area (TPSA) is 28.2 Å². The molecule has 10 aromatic carbocycles. The highest BCUT2D eigenvalue weighted by molar-refractivity contribution is 6.27. The first-order chi connectivity index (χ1) is 31.6. The number of fused-ring (bicyclic) bond motifs is 14. The van der Waals surface area contributed by atoms with E-state index in [1.165, 1.54) is 126 Å². The second-order valence-electron chi connectivity index (χ2n) is 19.7. The van der Waals surface area contributed by atoms with Crippen LogP contribution in [0.4, 0.5) is 0 Å². The van der Waals surface area contributed by atoms with Gasteiger partial charge in [0.2, 0.25) is 0 Å². The van der Waals surface area contributed by atoms with Crippen LogP contribution in [0, 0.1) is 11.3 Å². The maximum Gasteiger partial charge on any atom is 0.0991 e. The molecule has 2 heteroatoms. The summed E-state index contributed by atoms with van der Waals surface area (Å²) in [5.41, 5.74) is 22.4. The monoisotopic (exact) mass is 826 g/mol. The molecule has 0 aliphatic heterocycles. The Balaban J connectivity index is 0.970. The maximum atomic E-state index is 9.60. The summed E-state index contributed by atoms with van der Waals surface area (Å²) in [5.74, 6) is 0. The third-order valence-electron chi connectivity index (χ3n) is 15.5. The smallest absolute Gasteiger partial charge is 0.0991 e. The molecule has 0 unspecified atom stereocenters. The Labute approximate surface area is 377 Å². The molecule has 0 spiro atoms. The standard InChI is InChI=1S/C63H42N2/c1-62(2)55-11-7-5-9-47(55)49-23-21-42(31-57(49)62)38-17-19-40-27-51-53-29-46(37-15-13-36(35-64)14-16-37)30-54-52-28-41-20-18-39(26-45(41)34-60(52)65(61(53)54)59(51)33-44(40)25-38)43-22-24-50-48-10-6-8-12-56(48)63(3,4)58(50)32-43/h5-34H,1-4H3. The van der Waals surface area contributed by atoms with Gasteiger partial charge in [0.25, 0.3) is 0 Å². The molecule has 0 saturated carbocycles. The molecule has 2 aliphatic carbocycles. The largest absolute Gasteiger partial charge is 0.308 e. The van der Waals surface area contributed by atoms with Gasteiger partial charge in [-0.05, 0) is 172 Å². The molecule has 2 heterocycles. The first-order valence-electron chi connectivity index (χ1n) is 22.8. The van der Waals surface area contributed by atoms with Gasteiger partial charge < -0.3 is 4.40 Å². The predicted molar refractivity (Wildman–Crippen MR) is 272 cm³/mol. The highest BCUT2D eigenvalue weighted by atomic mass is 14.9. The molecule has 2 nitrogen and oxygen atoms in total. The van der Waals surface area contributed by atoms with Crippen LogP contribution < -0.4 is 0 Å². The Kier molecular flexibility index (Phi) is 7.07. The molecule has 12 aromatic rings. The van der Waals surface area contributed by atoms with E-state index in [1.54, 1.807) is 0 Å². The van der Waals surface area contributed by atoms with Crippen molar-refractivity contribution in [1.29, 1.82) is 5.26 Å². The lowest BCUT2D eigenvalue weighted by atomic mass is 9.81. The highest BCUT2D eigenvalue weighted by Gasteiger charge is 2.36. The van der Waals surface area contributed by atoms with Crippen molar-refractivity contribution in [1.82, 2.24) is 4.40 Å².